The molecule has 0 radical (unpaired) electrons. The number of aliphatic hydroxyl groups is 1. The number of nitrogens with two attached hydrogens (primary N) is 1. The maximum Gasteiger partial charge on any atom is 0.251 e. The van der Waals surface area contributed by atoms with E-state index in [0.29, 0.717) is 24.8 Å². The zero-order chi connectivity index (χ0) is 27.5. The molecule has 10 heteroatoms. The molecular weight excluding hydrogens is 504 g/mol. The van der Waals surface area contributed by atoms with E-state index in [2.05, 4.69) is 10.3 Å². The summed E-state index contributed by atoms with van der Waals surface area (Å²) in [6, 6.07) is 10.7. The number of amides is 2. The third-order valence-electron chi connectivity index (χ3n) is 8.41. The van der Waals surface area contributed by atoms with Crippen LogP contribution in [-0.2, 0) is 21.1 Å². The van der Waals surface area contributed by atoms with Gasteiger partial charge in [0.05, 0.1) is 40.3 Å². The molecule has 202 valence electrons. The second-order valence-electron chi connectivity index (χ2n) is 10.9. The highest BCUT2D eigenvalue weighted by atomic mass is 32.2. The van der Waals surface area contributed by atoms with Crippen LogP contribution < -0.4 is 11.1 Å². The number of guanidine groups is 1. The Kier molecular flexibility index (Phi) is 6.38. The number of sulfone groups is 1. The fraction of sp³-hybridized carbons (Fsp3) is 0.464. The van der Waals surface area contributed by atoms with Crippen LogP contribution in [0, 0.1) is 0 Å². The highest BCUT2D eigenvalue weighted by molar-refractivity contribution is 7.91. The molecule has 0 spiro atoms. The summed E-state index contributed by atoms with van der Waals surface area (Å²) in [7, 11) is -3.59. The molecular formula is C28H34N4O5S. The number of aliphatic imine (C=N–C) groups is 1. The number of nitrogens with one attached hydrogen (secondary N) is 1. The van der Waals surface area contributed by atoms with E-state index in [0.717, 1.165) is 11.1 Å². The van der Waals surface area contributed by atoms with E-state index in [-0.39, 0.29) is 40.9 Å². The molecule has 0 saturated heterocycles. The minimum absolute atomic E-state index is 0.0775. The predicted octanol–water partition coefficient (Wildman–Crippen LogP) is 2.79. The van der Waals surface area contributed by atoms with Crippen LogP contribution >= 0.6 is 0 Å². The number of rotatable bonds is 5. The Bertz CT molecular complexity index is 1440. The van der Waals surface area contributed by atoms with Crippen molar-refractivity contribution in [2.75, 3.05) is 5.75 Å². The van der Waals surface area contributed by atoms with Gasteiger partial charge in [0.1, 0.15) is 0 Å². The Morgan fingerprint density at radius 2 is 1.87 bits per heavy atom. The normalized spacial score (nSPS) is 27.3. The molecule has 0 aromatic heterocycles. The van der Waals surface area contributed by atoms with Crippen molar-refractivity contribution in [2.45, 2.75) is 81.0 Å². The van der Waals surface area contributed by atoms with Gasteiger partial charge in [-0.05, 0) is 61.1 Å². The van der Waals surface area contributed by atoms with Crippen LogP contribution in [0.15, 0.2) is 52.4 Å². The maximum absolute atomic E-state index is 13.4. The molecule has 2 aliphatic heterocycles. The van der Waals surface area contributed by atoms with Crippen LogP contribution in [0.4, 0.5) is 0 Å². The Hall–Kier alpha value is -3.24. The van der Waals surface area contributed by atoms with Gasteiger partial charge in [0.2, 0.25) is 5.91 Å². The van der Waals surface area contributed by atoms with Gasteiger partial charge < -0.3 is 16.2 Å². The van der Waals surface area contributed by atoms with Crippen molar-refractivity contribution in [3.8, 4) is 0 Å². The van der Waals surface area contributed by atoms with E-state index in [1.165, 1.54) is 23.1 Å². The molecule has 0 fully saturated rings. The Balaban J connectivity index is 1.51. The number of nitrogens with zero attached hydrogens (tertiary/aromatic N) is 2. The van der Waals surface area contributed by atoms with Crippen LogP contribution in [0.5, 0.6) is 0 Å². The Morgan fingerprint density at radius 3 is 2.55 bits per heavy atom. The van der Waals surface area contributed by atoms with Gasteiger partial charge in [-0.15, -0.1) is 0 Å². The van der Waals surface area contributed by atoms with Gasteiger partial charge in [-0.2, -0.15) is 0 Å². The highest BCUT2D eigenvalue weighted by Crippen LogP contribution is 2.41. The first-order chi connectivity index (χ1) is 17.9. The highest BCUT2D eigenvalue weighted by Gasteiger charge is 2.44. The molecule has 1 aliphatic carbocycles. The van der Waals surface area contributed by atoms with E-state index in [1.807, 2.05) is 38.1 Å². The predicted molar refractivity (Wildman–Crippen MR) is 143 cm³/mol. The van der Waals surface area contributed by atoms with E-state index in [9.17, 15) is 23.1 Å². The van der Waals surface area contributed by atoms with E-state index in [1.54, 1.807) is 6.92 Å². The second kappa shape index (κ2) is 9.20. The van der Waals surface area contributed by atoms with Crippen molar-refractivity contribution in [3.05, 3.63) is 64.7 Å². The first kappa shape index (κ1) is 26.4. The summed E-state index contributed by atoms with van der Waals surface area (Å²) in [5.41, 5.74) is 7.01. The van der Waals surface area contributed by atoms with Crippen LogP contribution in [0.25, 0.3) is 0 Å². The summed E-state index contributed by atoms with van der Waals surface area (Å²) in [4.78, 5) is 32.9. The number of carbonyl (C=O) groups excluding carboxylic acids is 2. The van der Waals surface area contributed by atoms with Crippen LogP contribution in [0.2, 0.25) is 0 Å². The molecule has 3 aliphatic rings. The summed E-state index contributed by atoms with van der Waals surface area (Å²) in [5.74, 6) is -0.709. The minimum atomic E-state index is -3.59. The van der Waals surface area contributed by atoms with Crippen molar-refractivity contribution in [3.63, 3.8) is 0 Å². The zero-order valence-electron chi connectivity index (χ0n) is 21.9. The quantitative estimate of drug-likeness (QED) is 0.534. The number of hydrogen-bond acceptors (Lipinski definition) is 7. The molecule has 2 aromatic carbocycles. The molecule has 0 bridgehead atoms. The van der Waals surface area contributed by atoms with Gasteiger partial charge in [0.15, 0.2) is 15.8 Å². The number of fused-ring (bicyclic) bond motifs is 2. The zero-order valence-corrected chi connectivity index (χ0v) is 22.7. The number of carbonyl (C=O) groups is 2. The average molecular weight is 539 g/mol. The molecule has 2 aromatic rings. The average Bonchev–Trinajstić information content (AvgIpc) is 3.13. The Morgan fingerprint density at radius 1 is 1.16 bits per heavy atom. The fourth-order valence-corrected chi connectivity index (χ4v) is 7.69. The summed E-state index contributed by atoms with van der Waals surface area (Å²) in [6.45, 7) is 5.62. The molecule has 0 unspecified atom stereocenters. The lowest BCUT2D eigenvalue weighted by molar-refractivity contribution is -0.131. The summed E-state index contributed by atoms with van der Waals surface area (Å²) < 4.78 is 25.9. The first-order valence-electron chi connectivity index (χ1n) is 13.1. The van der Waals surface area contributed by atoms with Gasteiger partial charge in [0, 0.05) is 12.0 Å². The van der Waals surface area contributed by atoms with Gasteiger partial charge in [0.25, 0.3) is 5.91 Å². The molecule has 9 nitrogen and oxygen atoms in total. The molecule has 38 heavy (non-hydrogen) atoms. The van der Waals surface area contributed by atoms with Gasteiger partial charge in [-0.25, -0.2) is 13.4 Å². The lowest BCUT2D eigenvalue weighted by Gasteiger charge is -2.41. The van der Waals surface area contributed by atoms with E-state index >= 15 is 0 Å². The van der Waals surface area contributed by atoms with Crippen molar-refractivity contribution >= 4 is 27.6 Å². The van der Waals surface area contributed by atoms with Gasteiger partial charge >= 0.3 is 0 Å². The maximum atomic E-state index is 13.4. The molecule has 4 N–H and O–H groups in total. The third-order valence-corrected chi connectivity index (χ3v) is 10.2. The first-order valence-corrected chi connectivity index (χ1v) is 14.7. The van der Waals surface area contributed by atoms with E-state index < -0.39 is 39.0 Å². The third kappa shape index (κ3) is 4.29. The van der Waals surface area contributed by atoms with E-state index in [4.69, 9.17) is 5.73 Å². The molecule has 3 atom stereocenters. The lowest BCUT2D eigenvalue weighted by atomic mass is 9.87. The van der Waals surface area contributed by atoms with Gasteiger partial charge in [-0.3, -0.25) is 14.5 Å². The van der Waals surface area contributed by atoms with Crippen LogP contribution in [0.3, 0.4) is 0 Å². The van der Waals surface area contributed by atoms with Crippen LogP contribution in [-0.4, -0.2) is 53.1 Å². The number of benzene rings is 2. The minimum Gasteiger partial charge on any atom is -0.387 e. The lowest BCUT2D eigenvalue weighted by Crippen LogP contribution is -2.53. The van der Waals surface area contributed by atoms with Crippen molar-refractivity contribution in [2.24, 2.45) is 10.7 Å². The summed E-state index contributed by atoms with van der Waals surface area (Å²) in [6.07, 6.45) is 2.08. The molecule has 5 rings (SSSR count). The topological polar surface area (TPSA) is 142 Å². The SMILES string of the molecule is CCC1(CC)CC(=O)N([C@H]2CCS(=O)(=O)c3ccc(C(=O)N[C@@H]4c5ccccc5C[C@@]4(C)O)cc32)C(N)=N1. The molecule has 2 amide bonds. The molecule has 2 heterocycles. The largest absolute Gasteiger partial charge is 0.387 e. The monoisotopic (exact) mass is 538 g/mol. The second-order valence-corrected chi connectivity index (χ2v) is 12.9. The van der Waals surface area contributed by atoms with Crippen molar-refractivity contribution in [1.82, 2.24) is 10.2 Å². The molecule has 0 saturated carbocycles. The smallest absolute Gasteiger partial charge is 0.251 e. The van der Waals surface area contributed by atoms with Crippen molar-refractivity contribution < 1.29 is 23.1 Å². The summed E-state index contributed by atoms with van der Waals surface area (Å²) in [5, 5.41) is 14.0. The van der Waals surface area contributed by atoms with Crippen molar-refractivity contribution in [1.29, 1.82) is 0 Å². The fourth-order valence-electron chi connectivity index (χ4n) is 6.10. The van der Waals surface area contributed by atoms with Crippen LogP contribution in [0.1, 0.15) is 85.6 Å². The Labute approximate surface area is 223 Å². The van der Waals surface area contributed by atoms with Gasteiger partial charge in [-0.1, -0.05) is 38.1 Å². The number of hydrogen-bond donors (Lipinski definition) is 3. The standard InChI is InChI=1S/C28H34N4O5S/c1-4-28(5-2)16-23(33)32(26(29)31-28)21-12-13-38(36,37)22-11-10-17(14-20(21)22)25(34)30-24-19-9-7-6-8-18(19)15-27(24,3)35/h6-11,14,21,24,35H,4-5,12-13,15-16H2,1-3H3,(H2,29,31)(H,30,34)/t21-,24+,27+/m0/s1. The summed E-state index contributed by atoms with van der Waals surface area (Å²) >= 11 is 0.